The molecule has 2 atom stereocenters. The van der Waals surface area contributed by atoms with E-state index in [1.54, 1.807) is 6.07 Å². The van der Waals surface area contributed by atoms with Gasteiger partial charge in [0.25, 0.3) is 11.6 Å². The highest BCUT2D eigenvalue weighted by atomic mass is 19.1. The summed E-state index contributed by atoms with van der Waals surface area (Å²) in [5.74, 6) is -2.05. The zero-order chi connectivity index (χ0) is 26.6. The normalized spacial score (nSPS) is 22.7. The highest BCUT2D eigenvalue weighted by Gasteiger charge is 2.63. The van der Waals surface area contributed by atoms with E-state index in [1.807, 2.05) is 35.2 Å². The second-order valence-electron chi connectivity index (χ2n) is 9.59. The fourth-order valence-electron chi connectivity index (χ4n) is 5.82. The highest BCUT2D eigenvalue weighted by Crippen LogP contribution is 2.47. The highest BCUT2D eigenvalue weighted by molar-refractivity contribution is 6.30. The second kappa shape index (κ2) is 8.65. The van der Waals surface area contributed by atoms with E-state index in [9.17, 15) is 28.9 Å². The number of amides is 4. The van der Waals surface area contributed by atoms with Gasteiger partial charge in [-0.25, -0.2) is 14.1 Å². The SMILES string of the molecule is O=C1NC(=O)[C@]2(Cc3cc([N+](=O)[O-])ccc3N3CCN(c4ccccc4)C[C@@H]32)C(=O)N1c1ccc(F)cc1. The molecule has 6 rings (SSSR count). The summed E-state index contributed by atoms with van der Waals surface area (Å²) in [5.41, 5.74) is 0.304. The molecule has 3 aromatic rings. The first-order chi connectivity index (χ1) is 18.3. The Morgan fingerprint density at radius 2 is 1.68 bits per heavy atom. The molecule has 0 radical (unpaired) electrons. The molecule has 1 N–H and O–H groups in total. The smallest absolute Gasteiger partial charge is 0.335 e. The van der Waals surface area contributed by atoms with E-state index in [0.29, 0.717) is 30.9 Å². The quantitative estimate of drug-likeness (QED) is 0.323. The number of nitrogens with one attached hydrogen (secondary N) is 1. The van der Waals surface area contributed by atoms with Gasteiger partial charge in [-0.2, -0.15) is 0 Å². The average molecular weight is 516 g/mol. The molecule has 0 unspecified atom stereocenters. The van der Waals surface area contributed by atoms with Crippen LogP contribution in [0.15, 0.2) is 72.8 Å². The van der Waals surface area contributed by atoms with E-state index >= 15 is 0 Å². The number of hydrogen-bond acceptors (Lipinski definition) is 7. The van der Waals surface area contributed by atoms with E-state index in [1.165, 1.54) is 24.3 Å². The molecule has 11 heteroatoms. The molecule has 2 saturated heterocycles. The number of barbiturate groups is 1. The lowest BCUT2D eigenvalue weighted by molar-refractivity contribution is -0.384. The van der Waals surface area contributed by atoms with Crippen molar-refractivity contribution in [1.82, 2.24) is 5.32 Å². The number of piperazine rings is 1. The lowest BCUT2D eigenvalue weighted by atomic mass is 9.67. The number of imide groups is 2. The number of benzene rings is 3. The van der Waals surface area contributed by atoms with Crippen molar-refractivity contribution < 1.29 is 23.7 Å². The summed E-state index contributed by atoms with van der Waals surface area (Å²) in [7, 11) is 0. The zero-order valence-electron chi connectivity index (χ0n) is 20.0. The first kappa shape index (κ1) is 23.6. The molecule has 1 spiro atoms. The number of urea groups is 1. The Labute approximate surface area is 216 Å². The fraction of sp³-hybridized carbons (Fsp3) is 0.222. The van der Waals surface area contributed by atoms with Crippen LogP contribution < -0.4 is 20.0 Å². The average Bonchev–Trinajstić information content (AvgIpc) is 2.92. The van der Waals surface area contributed by atoms with Crippen LogP contribution in [0.2, 0.25) is 0 Å². The number of rotatable bonds is 3. The second-order valence-corrected chi connectivity index (χ2v) is 9.59. The third-order valence-corrected chi connectivity index (χ3v) is 7.62. The molecule has 0 aliphatic carbocycles. The van der Waals surface area contributed by atoms with Crippen molar-refractivity contribution in [1.29, 1.82) is 0 Å². The molecule has 3 aliphatic rings. The molecule has 3 heterocycles. The maximum atomic E-state index is 14.3. The summed E-state index contributed by atoms with van der Waals surface area (Å²) in [6, 6.07) is 17.3. The number of nitro groups is 1. The molecule has 0 aromatic heterocycles. The molecule has 0 saturated carbocycles. The predicted octanol–water partition coefficient (Wildman–Crippen LogP) is 3.25. The summed E-state index contributed by atoms with van der Waals surface area (Å²) in [4.78, 5) is 56.9. The van der Waals surface area contributed by atoms with Crippen LogP contribution >= 0.6 is 0 Å². The summed E-state index contributed by atoms with van der Waals surface area (Å²) >= 11 is 0. The van der Waals surface area contributed by atoms with Crippen molar-refractivity contribution in [2.45, 2.75) is 12.5 Å². The molecule has 192 valence electrons. The van der Waals surface area contributed by atoms with Crippen LogP contribution in [-0.2, 0) is 16.0 Å². The van der Waals surface area contributed by atoms with Crippen LogP contribution in [0.3, 0.4) is 0 Å². The van der Waals surface area contributed by atoms with Gasteiger partial charge in [-0.15, -0.1) is 0 Å². The van der Waals surface area contributed by atoms with Gasteiger partial charge in [-0.3, -0.25) is 25.0 Å². The van der Waals surface area contributed by atoms with E-state index < -0.39 is 40.0 Å². The monoisotopic (exact) mass is 515 g/mol. The number of para-hydroxylation sites is 1. The van der Waals surface area contributed by atoms with Crippen LogP contribution in [0.1, 0.15) is 5.56 Å². The van der Waals surface area contributed by atoms with E-state index in [0.717, 1.165) is 22.7 Å². The van der Waals surface area contributed by atoms with Gasteiger partial charge in [0.05, 0.1) is 16.7 Å². The van der Waals surface area contributed by atoms with Gasteiger partial charge in [-0.1, -0.05) is 18.2 Å². The molecule has 10 nitrogen and oxygen atoms in total. The van der Waals surface area contributed by atoms with E-state index in [2.05, 4.69) is 10.2 Å². The number of halogens is 1. The van der Waals surface area contributed by atoms with Gasteiger partial charge in [0, 0.05) is 49.6 Å². The van der Waals surface area contributed by atoms with Crippen LogP contribution in [0, 0.1) is 21.3 Å². The van der Waals surface area contributed by atoms with Crippen molar-refractivity contribution in [2.24, 2.45) is 5.41 Å². The van der Waals surface area contributed by atoms with Crippen LogP contribution in [0.25, 0.3) is 0 Å². The molecular formula is C27H22FN5O5. The Morgan fingerprint density at radius 1 is 0.947 bits per heavy atom. The lowest BCUT2D eigenvalue weighted by Gasteiger charge is -2.55. The molecule has 4 amide bonds. The molecule has 3 aliphatic heterocycles. The van der Waals surface area contributed by atoms with Gasteiger partial charge in [0.2, 0.25) is 5.91 Å². The Hall–Kier alpha value is -4.80. The van der Waals surface area contributed by atoms with Gasteiger partial charge in [0.15, 0.2) is 5.41 Å². The minimum atomic E-state index is -1.77. The third kappa shape index (κ3) is 3.50. The lowest BCUT2D eigenvalue weighted by Crippen LogP contribution is -2.75. The van der Waals surface area contributed by atoms with E-state index in [-0.39, 0.29) is 17.8 Å². The topological polar surface area (TPSA) is 116 Å². The minimum Gasteiger partial charge on any atom is -0.368 e. The van der Waals surface area contributed by atoms with Crippen molar-refractivity contribution in [3.8, 4) is 0 Å². The van der Waals surface area contributed by atoms with Crippen molar-refractivity contribution in [2.75, 3.05) is 34.3 Å². The van der Waals surface area contributed by atoms with Gasteiger partial charge < -0.3 is 9.80 Å². The maximum absolute atomic E-state index is 14.3. The molecule has 3 aromatic carbocycles. The Morgan fingerprint density at radius 3 is 2.39 bits per heavy atom. The Bertz CT molecular complexity index is 1480. The zero-order valence-corrected chi connectivity index (χ0v) is 20.0. The number of carbonyl (C=O) groups excluding carboxylic acids is 3. The summed E-state index contributed by atoms with van der Waals surface area (Å²) in [6.07, 6.45) is -0.135. The third-order valence-electron chi connectivity index (χ3n) is 7.62. The van der Waals surface area contributed by atoms with Gasteiger partial charge >= 0.3 is 6.03 Å². The van der Waals surface area contributed by atoms with Gasteiger partial charge in [0.1, 0.15) is 5.82 Å². The number of anilines is 3. The molecule has 2 fully saturated rings. The molecular weight excluding hydrogens is 493 g/mol. The Balaban J connectivity index is 1.50. The van der Waals surface area contributed by atoms with Gasteiger partial charge in [-0.05, 0) is 48.0 Å². The number of non-ortho nitro benzene ring substituents is 1. The Kier molecular flexibility index (Phi) is 5.37. The summed E-state index contributed by atoms with van der Waals surface area (Å²) in [6.45, 7) is 1.33. The number of nitro benzene ring substituents is 1. The number of nitrogens with zero attached hydrogens (tertiary/aromatic N) is 4. The molecule has 38 heavy (non-hydrogen) atoms. The maximum Gasteiger partial charge on any atom is 0.335 e. The van der Waals surface area contributed by atoms with Crippen molar-refractivity contribution in [3.05, 3.63) is 94.3 Å². The first-order valence-corrected chi connectivity index (χ1v) is 12.1. The van der Waals surface area contributed by atoms with Crippen LogP contribution in [-0.4, -0.2) is 48.4 Å². The summed E-state index contributed by atoms with van der Waals surface area (Å²) in [5, 5.41) is 13.9. The number of carbonyl (C=O) groups is 3. The largest absolute Gasteiger partial charge is 0.368 e. The van der Waals surface area contributed by atoms with Crippen molar-refractivity contribution >= 4 is 40.6 Å². The number of hydrogen-bond donors (Lipinski definition) is 1. The van der Waals surface area contributed by atoms with E-state index in [4.69, 9.17) is 0 Å². The first-order valence-electron chi connectivity index (χ1n) is 12.1. The summed E-state index contributed by atoms with van der Waals surface area (Å²) < 4.78 is 13.6. The number of fused-ring (bicyclic) bond motifs is 4. The fourth-order valence-corrected chi connectivity index (χ4v) is 5.82. The van der Waals surface area contributed by atoms with Crippen molar-refractivity contribution in [3.63, 3.8) is 0 Å². The minimum absolute atomic E-state index is 0.118. The standard InChI is InChI=1S/C27H22FN5O5/c28-18-6-8-20(9-7-18)32-25(35)27(24(34)29-26(32)36)15-17-14-21(33(37)38)10-11-22(17)31-13-12-30(16-23(27)31)19-4-2-1-3-5-19/h1-11,14,23H,12-13,15-16H2,(H,29,34,36)/t23-,27-/m1/s1. The van der Waals surface area contributed by atoms with Crippen LogP contribution in [0.5, 0.6) is 0 Å². The molecule has 0 bridgehead atoms. The van der Waals surface area contributed by atoms with Crippen LogP contribution in [0.4, 0.5) is 31.9 Å². The predicted molar refractivity (Wildman–Crippen MR) is 136 cm³/mol.